The van der Waals surface area contributed by atoms with Crippen molar-refractivity contribution in [2.24, 2.45) is 11.8 Å². The van der Waals surface area contributed by atoms with Crippen molar-refractivity contribution in [2.45, 2.75) is 12.3 Å². The van der Waals surface area contributed by atoms with E-state index in [9.17, 15) is 9.59 Å². The van der Waals surface area contributed by atoms with Gasteiger partial charge in [-0.25, -0.2) is 4.79 Å². The minimum Gasteiger partial charge on any atom is -0.419 e. The number of ether oxygens (including phenoxy) is 1. The highest BCUT2D eigenvalue weighted by molar-refractivity contribution is 5.94. The Morgan fingerprint density at radius 1 is 1.36 bits per heavy atom. The molecule has 0 N–H and O–H groups in total. The maximum Gasteiger partial charge on any atom is 0.414 e. The number of amides is 1. The SMILES string of the molecule is C=COC(=O)N1CC2C(=O)C=CC(C)(c3ccccc3)C2C1. The molecule has 3 rings (SSSR count). The summed E-state index contributed by atoms with van der Waals surface area (Å²) in [7, 11) is 0. The molecule has 1 saturated heterocycles. The molecule has 0 spiro atoms. The van der Waals surface area contributed by atoms with Crippen LogP contribution >= 0.6 is 0 Å². The lowest BCUT2D eigenvalue weighted by molar-refractivity contribution is -0.120. The Bertz CT molecular complexity index is 637. The fourth-order valence-electron chi connectivity index (χ4n) is 3.60. The number of nitrogens with zero attached hydrogens (tertiary/aromatic N) is 1. The molecule has 2 aliphatic rings. The molecule has 0 bridgehead atoms. The van der Waals surface area contributed by atoms with Gasteiger partial charge in [-0.2, -0.15) is 0 Å². The molecule has 1 fully saturated rings. The second-order valence-electron chi connectivity index (χ2n) is 6.05. The summed E-state index contributed by atoms with van der Waals surface area (Å²) in [5.41, 5.74) is 0.899. The van der Waals surface area contributed by atoms with E-state index in [0.717, 1.165) is 11.8 Å². The Morgan fingerprint density at radius 2 is 2.09 bits per heavy atom. The van der Waals surface area contributed by atoms with Crippen LogP contribution in [0, 0.1) is 11.8 Å². The minimum atomic E-state index is -0.437. The first kappa shape index (κ1) is 14.6. The maximum atomic E-state index is 12.2. The fourth-order valence-corrected chi connectivity index (χ4v) is 3.60. The van der Waals surface area contributed by atoms with Crippen LogP contribution in [0.2, 0.25) is 0 Å². The van der Waals surface area contributed by atoms with Gasteiger partial charge >= 0.3 is 6.09 Å². The molecule has 4 heteroatoms. The van der Waals surface area contributed by atoms with Crippen LogP contribution in [0.15, 0.2) is 55.3 Å². The van der Waals surface area contributed by atoms with Gasteiger partial charge in [0.25, 0.3) is 0 Å². The van der Waals surface area contributed by atoms with Crippen molar-refractivity contribution in [3.05, 3.63) is 60.9 Å². The molecule has 1 aliphatic heterocycles. The molecule has 0 aromatic heterocycles. The highest BCUT2D eigenvalue weighted by atomic mass is 16.5. The average Bonchev–Trinajstić information content (AvgIpc) is 2.99. The second-order valence-corrected chi connectivity index (χ2v) is 6.05. The number of carbonyl (C=O) groups is 2. The smallest absolute Gasteiger partial charge is 0.414 e. The van der Waals surface area contributed by atoms with Crippen molar-refractivity contribution in [1.82, 2.24) is 4.90 Å². The van der Waals surface area contributed by atoms with E-state index >= 15 is 0 Å². The summed E-state index contributed by atoms with van der Waals surface area (Å²) in [6, 6.07) is 10.1. The predicted octanol–water partition coefficient (Wildman–Crippen LogP) is 2.91. The molecule has 114 valence electrons. The summed E-state index contributed by atoms with van der Waals surface area (Å²) in [6.07, 6.45) is 4.33. The van der Waals surface area contributed by atoms with Gasteiger partial charge in [-0.15, -0.1) is 0 Å². The molecule has 1 amide bonds. The molecule has 3 unspecified atom stereocenters. The molecule has 1 heterocycles. The number of carbonyl (C=O) groups excluding carboxylic acids is 2. The summed E-state index contributed by atoms with van der Waals surface area (Å²) in [4.78, 5) is 25.8. The largest absolute Gasteiger partial charge is 0.419 e. The van der Waals surface area contributed by atoms with Gasteiger partial charge in [0.2, 0.25) is 0 Å². The lowest BCUT2D eigenvalue weighted by atomic mass is 9.64. The van der Waals surface area contributed by atoms with Crippen molar-refractivity contribution >= 4 is 11.9 Å². The molecular formula is C18H19NO3. The molecule has 1 aromatic rings. The minimum absolute atomic E-state index is 0.0600. The number of allylic oxidation sites excluding steroid dienone is 2. The third kappa shape index (κ3) is 2.25. The Hall–Kier alpha value is -2.36. The van der Waals surface area contributed by atoms with Crippen molar-refractivity contribution < 1.29 is 14.3 Å². The van der Waals surface area contributed by atoms with E-state index in [4.69, 9.17) is 4.74 Å². The van der Waals surface area contributed by atoms with Crippen LogP contribution in [0.4, 0.5) is 4.79 Å². The van der Waals surface area contributed by atoms with Crippen LogP contribution in [0.5, 0.6) is 0 Å². The lowest BCUT2D eigenvalue weighted by Crippen LogP contribution is -2.41. The lowest BCUT2D eigenvalue weighted by Gasteiger charge is -2.38. The van der Waals surface area contributed by atoms with Gasteiger partial charge in [0.1, 0.15) is 0 Å². The van der Waals surface area contributed by atoms with E-state index in [2.05, 4.69) is 25.6 Å². The highest BCUT2D eigenvalue weighted by Gasteiger charge is 2.50. The molecule has 0 saturated carbocycles. The normalized spacial score (nSPS) is 30.0. The summed E-state index contributed by atoms with van der Waals surface area (Å²) in [6.45, 7) is 6.45. The molecule has 1 aliphatic carbocycles. The van der Waals surface area contributed by atoms with E-state index < -0.39 is 6.09 Å². The molecule has 22 heavy (non-hydrogen) atoms. The number of likely N-dealkylation sites (tertiary alicyclic amines) is 1. The number of hydrogen-bond acceptors (Lipinski definition) is 3. The zero-order valence-corrected chi connectivity index (χ0v) is 12.6. The summed E-state index contributed by atoms with van der Waals surface area (Å²) < 4.78 is 4.86. The van der Waals surface area contributed by atoms with Crippen molar-refractivity contribution in [1.29, 1.82) is 0 Å². The fraction of sp³-hybridized carbons (Fsp3) is 0.333. The van der Waals surface area contributed by atoms with E-state index in [0.29, 0.717) is 13.1 Å². The van der Waals surface area contributed by atoms with E-state index in [1.54, 1.807) is 11.0 Å². The van der Waals surface area contributed by atoms with Crippen LogP contribution in [0.3, 0.4) is 0 Å². The number of fused-ring (bicyclic) bond motifs is 1. The first-order valence-corrected chi connectivity index (χ1v) is 7.41. The maximum absolute atomic E-state index is 12.2. The monoisotopic (exact) mass is 297 g/mol. The highest BCUT2D eigenvalue weighted by Crippen LogP contribution is 2.45. The summed E-state index contributed by atoms with van der Waals surface area (Å²) in [5.74, 6) is -0.0235. The Morgan fingerprint density at radius 3 is 2.77 bits per heavy atom. The zero-order valence-electron chi connectivity index (χ0n) is 12.6. The first-order valence-electron chi connectivity index (χ1n) is 7.41. The van der Waals surface area contributed by atoms with E-state index in [1.165, 1.54) is 0 Å². The van der Waals surface area contributed by atoms with Crippen LogP contribution in [-0.4, -0.2) is 29.9 Å². The van der Waals surface area contributed by atoms with Gasteiger partial charge in [0.05, 0.1) is 6.26 Å². The van der Waals surface area contributed by atoms with Crippen LogP contribution in [-0.2, 0) is 14.9 Å². The number of benzene rings is 1. The molecule has 0 radical (unpaired) electrons. The number of hydrogen-bond donors (Lipinski definition) is 0. The predicted molar refractivity (Wildman–Crippen MR) is 83.2 cm³/mol. The molecule has 3 atom stereocenters. The summed E-state index contributed by atoms with van der Waals surface area (Å²) in [5, 5.41) is 0. The third-order valence-electron chi connectivity index (χ3n) is 4.89. The van der Waals surface area contributed by atoms with Gasteiger partial charge in [0, 0.05) is 30.3 Å². The quantitative estimate of drug-likeness (QED) is 0.789. The summed E-state index contributed by atoms with van der Waals surface area (Å²) >= 11 is 0. The van der Waals surface area contributed by atoms with Crippen LogP contribution in [0.25, 0.3) is 0 Å². The Labute approximate surface area is 130 Å². The van der Waals surface area contributed by atoms with Gasteiger partial charge in [0.15, 0.2) is 5.78 Å². The second kappa shape index (κ2) is 5.44. The third-order valence-corrected chi connectivity index (χ3v) is 4.89. The van der Waals surface area contributed by atoms with E-state index in [1.807, 2.05) is 24.3 Å². The molecular weight excluding hydrogens is 278 g/mol. The topological polar surface area (TPSA) is 46.6 Å². The van der Waals surface area contributed by atoms with Gasteiger partial charge in [-0.05, 0) is 11.6 Å². The Balaban J connectivity index is 1.94. The average molecular weight is 297 g/mol. The number of rotatable bonds is 2. The van der Waals surface area contributed by atoms with Crippen molar-refractivity contribution in [2.75, 3.05) is 13.1 Å². The van der Waals surface area contributed by atoms with Crippen molar-refractivity contribution in [3.8, 4) is 0 Å². The molecule has 4 nitrogen and oxygen atoms in total. The Kier molecular flexibility index (Phi) is 3.61. The first-order chi connectivity index (χ1) is 10.6. The van der Waals surface area contributed by atoms with Crippen LogP contribution in [0.1, 0.15) is 12.5 Å². The van der Waals surface area contributed by atoms with E-state index in [-0.39, 0.29) is 23.0 Å². The number of ketones is 1. The van der Waals surface area contributed by atoms with Gasteiger partial charge < -0.3 is 9.64 Å². The molecule has 1 aromatic carbocycles. The van der Waals surface area contributed by atoms with Crippen LogP contribution < -0.4 is 0 Å². The standard InChI is InChI=1S/C18H19NO3/c1-3-22-17(21)19-11-14-15(12-19)18(2,10-9-16(14)20)13-7-5-4-6-8-13/h3-10,14-15H,1,11-12H2,2H3. The van der Waals surface area contributed by atoms with Gasteiger partial charge in [-0.3, -0.25) is 4.79 Å². The zero-order chi connectivity index (χ0) is 15.7. The van der Waals surface area contributed by atoms with Gasteiger partial charge in [-0.1, -0.05) is 49.9 Å². The van der Waals surface area contributed by atoms with Crippen molar-refractivity contribution in [3.63, 3.8) is 0 Å².